The van der Waals surface area contributed by atoms with Crippen LogP contribution in [0, 0.1) is 5.92 Å². The first-order valence-corrected chi connectivity index (χ1v) is 8.46. The minimum Gasteiger partial charge on any atom is -0.491 e. The smallest absolute Gasteiger partial charge is 0.240 e. The number of rotatable bonds is 7. The lowest BCUT2D eigenvalue weighted by atomic mass is 10.0. The van der Waals surface area contributed by atoms with Crippen LogP contribution < -0.4 is 9.46 Å². The van der Waals surface area contributed by atoms with E-state index in [0.717, 1.165) is 6.42 Å². The molecule has 1 saturated heterocycles. The van der Waals surface area contributed by atoms with Crippen LogP contribution in [0.4, 0.5) is 0 Å². The second-order valence-electron chi connectivity index (χ2n) is 5.02. The lowest BCUT2D eigenvalue weighted by molar-refractivity contribution is 0.107. The molecular weight excluding hydrogens is 294 g/mol. The molecule has 0 bridgehead atoms. The lowest BCUT2D eigenvalue weighted by Crippen LogP contribution is -2.32. The predicted molar refractivity (Wildman–Crippen MR) is 77.7 cm³/mol. The molecule has 2 unspecified atom stereocenters. The fourth-order valence-electron chi connectivity index (χ4n) is 2.22. The number of hydrogen-bond acceptors (Lipinski definition) is 5. The van der Waals surface area contributed by atoms with Crippen LogP contribution in [0.5, 0.6) is 5.75 Å². The van der Waals surface area contributed by atoms with Crippen molar-refractivity contribution >= 4 is 10.0 Å². The van der Waals surface area contributed by atoms with Crippen molar-refractivity contribution in [2.24, 2.45) is 5.92 Å². The van der Waals surface area contributed by atoms with Crippen LogP contribution in [0.3, 0.4) is 0 Å². The van der Waals surface area contributed by atoms with E-state index < -0.39 is 10.0 Å². The first-order chi connectivity index (χ1) is 10.0. The van der Waals surface area contributed by atoms with Gasteiger partial charge in [0, 0.05) is 19.1 Å². The molecule has 0 spiro atoms. The van der Waals surface area contributed by atoms with Crippen molar-refractivity contribution in [2.45, 2.75) is 24.3 Å². The SMILES string of the molecule is CC1OCCC1CNS(=O)(=O)c1ccc(OCCO)cc1. The maximum Gasteiger partial charge on any atom is 0.240 e. The Morgan fingerprint density at radius 1 is 1.38 bits per heavy atom. The Kier molecular flexibility index (Phi) is 5.58. The van der Waals surface area contributed by atoms with Gasteiger partial charge in [0.05, 0.1) is 17.6 Å². The zero-order valence-electron chi connectivity index (χ0n) is 12.0. The molecule has 1 aromatic carbocycles. The predicted octanol–water partition coefficient (Wildman–Crippen LogP) is 0.761. The van der Waals surface area contributed by atoms with Crippen LogP contribution in [0.15, 0.2) is 29.2 Å². The van der Waals surface area contributed by atoms with Crippen molar-refractivity contribution in [3.8, 4) is 5.75 Å². The van der Waals surface area contributed by atoms with Gasteiger partial charge < -0.3 is 14.6 Å². The van der Waals surface area contributed by atoms with Gasteiger partial charge >= 0.3 is 0 Å². The minimum absolute atomic E-state index is 0.0801. The zero-order chi connectivity index (χ0) is 15.3. The molecular formula is C14H21NO5S. The Balaban J connectivity index is 1.95. The zero-order valence-corrected chi connectivity index (χ0v) is 12.8. The highest BCUT2D eigenvalue weighted by Crippen LogP contribution is 2.21. The Hall–Kier alpha value is -1.15. The van der Waals surface area contributed by atoms with Gasteiger partial charge in [-0.05, 0) is 37.6 Å². The van der Waals surface area contributed by atoms with E-state index in [1.165, 1.54) is 12.1 Å². The monoisotopic (exact) mass is 315 g/mol. The van der Waals surface area contributed by atoms with Gasteiger partial charge in [0.2, 0.25) is 10.0 Å². The summed E-state index contributed by atoms with van der Waals surface area (Å²) in [6.07, 6.45) is 0.958. The molecule has 1 aromatic rings. The van der Waals surface area contributed by atoms with Crippen LogP contribution in [0.2, 0.25) is 0 Å². The molecule has 6 nitrogen and oxygen atoms in total. The average molecular weight is 315 g/mol. The van der Waals surface area contributed by atoms with Crippen molar-refractivity contribution in [2.75, 3.05) is 26.4 Å². The largest absolute Gasteiger partial charge is 0.491 e. The van der Waals surface area contributed by atoms with Crippen molar-refractivity contribution in [1.82, 2.24) is 4.72 Å². The van der Waals surface area contributed by atoms with Crippen LogP contribution >= 0.6 is 0 Å². The van der Waals surface area contributed by atoms with Crippen molar-refractivity contribution in [3.05, 3.63) is 24.3 Å². The Morgan fingerprint density at radius 2 is 2.10 bits per heavy atom. The quantitative estimate of drug-likeness (QED) is 0.776. The van der Waals surface area contributed by atoms with Crippen LogP contribution in [0.25, 0.3) is 0 Å². The number of aliphatic hydroxyl groups is 1. The number of sulfonamides is 1. The van der Waals surface area contributed by atoms with E-state index in [2.05, 4.69) is 4.72 Å². The van der Waals surface area contributed by atoms with Crippen molar-refractivity contribution in [1.29, 1.82) is 0 Å². The van der Waals surface area contributed by atoms with E-state index in [9.17, 15) is 8.42 Å². The second-order valence-corrected chi connectivity index (χ2v) is 6.79. The summed E-state index contributed by atoms with van der Waals surface area (Å²) in [7, 11) is -3.52. The summed E-state index contributed by atoms with van der Waals surface area (Å²) in [5.74, 6) is 0.743. The highest BCUT2D eigenvalue weighted by atomic mass is 32.2. The Labute approximate surface area is 125 Å². The molecule has 2 rings (SSSR count). The molecule has 21 heavy (non-hydrogen) atoms. The summed E-state index contributed by atoms with van der Waals surface area (Å²) in [4.78, 5) is 0.199. The molecule has 1 aliphatic heterocycles. The van der Waals surface area contributed by atoms with Gasteiger partial charge in [0.1, 0.15) is 12.4 Å². The summed E-state index contributed by atoms with van der Waals surface area (Å²) >= 11 is 0. The summed E-state index contributed by atoms with van der Waals surface area (Å²) in [5, 5.41) is 8.67. The van der Waals surface area contributed by atoms with Gasteiger partial charge in [0.25, 0.3) is 0 Å². The molecule has 0 aliphatic carbocycles. The van der Waals surface area contributed by atoms with Gasteiger partial charge in [0.15, 0.2) is 0 Å². The topological polar surface area (TPSA) is 84.9 Å². The van der Waals surface area contributed by atoms with Crippen LogP contribution in [-0.2, 0) is 14.8 Å². The first kappa shape index (κ1) is 16.2. The Morgan fingerprint density at radius 3 is 2.67 bits per heavy atom. The normalized spacial score (nSPS) is 22.4. The summed E-state index contributed by atoms with van der Waals surface area (Å²) in [6, 6.07) is 6.13. The number of ether oxygens (including phenoxy) is 2. The summed E-state index contributed by atoms with van der Waals surface area (Å²) in [5.41, 5.74) is 0. The number of hydrogen-bond donors (Lipinski definition) is 2. The summed E-state index contributed by atoms with van der Waals surface area (Å²) < 4.78 is 37.6. The Bertz CT molecular complexity index is 543. The maximum absolute atomic E-state index is 12.2. The molecule has 0 aromatic heterocycles. The lowest BCUT2D eigenvalue weighted by Gasteiger charge is -2.15. The summed E-state index contributed by atoms with van der Waals surface area (Å²) in [6.45, 7) is 3.13. The molecule has 118 valence electrons. The van der Waals surface area contributed by atoms with Gasteiger partial charge in [-0.3, -0.25) is 0 Å². The van der Waals surface area contributed by atoms with Crippen LogP contribution in [-0.4, -0.2) is 46.0 Å². The highest BCUT2D eigenvalue weighted by Gasteiger charge is 2.26. The van der Waals surface area contributed by atoms with Gasteiger partial charge in [-0.25, -0.2) is 13.1 Å². The molecule has 0 amide bonds. The van der Waals surface area contributed by atoms with E-state index in [1.807, 2.05) is 6.92 Å². The molecule has 2 atom stereocenters. The van der Waals surface area contributed by atoms with Gasteiger partial charge in [-0.2, -0.15) is 0 Å². The number of benzene rings is 1. The average Bonchev–Trinajstić information content (AvgIpc) is 2.89. The standard InChI is InChI=1S/C14H21NO5S/c1-11-12(6-8-19-11)10-15-21(17,18)14-4-2-13(3-5-14)20-9-7-16/h2-5,11-12,15-16H,6-10H2,1H3. The third kappa shape index (κ3) is 4.41. The number of aliphatic hydroxyl groups excluding tert-OH is 1. The van der Waals surface area contributed by atoms with Gasteiger partial charge in [-0.15, -0.1) is 0 Å². The second kappa shape index (κ2) is 7.22. The first-order valence-electron chi connectivity index (χ1n) is 6.98. The van der Waals surface area contributed by atoms with E-state index in [1.54, 1.807) is 12.1 Å². The van der Waals surface area contributed by atoms with Crippen molar-refractivity contribution in [3.63, 3.8) is 0 Å². The molecule has 7 heteroatoms. The van der Waals surface area contributed by atoms with E-state index >= 15 is 0 Å². The molecule has 1 heterocycles. The van der Waals surface area contributed by atoms with Gasteiger partial charge in [-0.1, -0.05) is 0 Å². The number of nitrogens with one attached hydrogen (secondary N) is 1. The van der Waals surface area contributed by atoms with E-state index in [4.69, 9.17) is 14.6 Å². The van der Waals surface area contributed by atoms with E-state index in [-0.39, 0.29) is 30.1 Å². The fourth-order valence-corrected chi connectivity index (χ4v) is 3.32. The molecule has 0 radical (unpaired) electrons. The minimum atomic E-state index is -3.52. The third-order valence-electron chi connectivity index (χ3n) is 3.56. The fraction of sp³-hybridized carbons (Fsp3) is 0.571. The van der Waals surface area contributed by atoms with E-state index in [0.29, 0.717) is 18.9 Å². The van der Waals surface area contributed by atoms with Crippen molar-refractivity contribution < 1.29 is 23.0 Å². The van der Waals surface area contributed by atoms with Crippen LogP contribution in [0.1, 0.15) is 13.3 Å². The maximum atomic E-state index is 12.2. The molecule has 0 saturated carbocycles. The third-order valence-corrected chi connectivity index (χ3v) is 5.00. The highest BCUT2D eigenvalue weighted by molar-refractivity contribution is 7.89. The molecule has 1 fully saturated rings. The molecule has 1 aliphatic rings. The molecule has 2 N–H and O–H groups in total.